The van der Waals surface area contributed by atoms with E-state index in [1.54, 1.807) is 43.5 Å². The van der Waals surface area contributed by atoms with E-state index in [-0.39, 0.29) is 10.8 Å². The molecule has 0 fully saturated rings. The Morgan fingerprint density at radius 3 is 2.12 bits per heavy atom. The van der Waals surface area contributed by atoms with Gasteiger partial charge >= 0.3 is 0 Å². The van der Waals surface area contributed by atoms with Crippen molar-refractivity contribution in [1.82, 2.24) is 0 Å². The van der Waals surface area contributed by atoms with Crippen molar-refractivity contribution in [3.8, 4) is 17.2 Å². The predicted octanol–water partition coefficient (Wildman–Crippen LogP) is 4.47. The van der Waals surface area contributed by atoms with Crippen molar-refractivity contribution in [1.29, 1.82) is 0 Å². The number of hydrogen-bond acceptors (Lipinski definition) is 6. The van der Waals surface area contributed by atoms with Crippen molar-refractivity contribution >= 4 is 33.4 Å². The molecule has 0 radical (unpaired) electrons. The molecule has 0 spiro atoms. The van der Waals surface area contributed by atoms with Gasteiger partial charge in [-0.15, -0.1) is 0 Å². The zero-order chi connectivity index (χ0) is 24.7. The summed E-state index contributed by atoms with van der Waals surface area (Å²) in [5, 5.41) is 2.70. The van der Waals surface area contributed by atoms with Crippen LogP contribution in [0.25, 0.3) is 6.08 Å². The van der Waals surface area contributed by atoms with Crippen LogP contribution >= 0.6 is 0 Å². The van der Waals surface area contributed by atoms with Crippen LogP contribution in [-0.4, -0.2) is 35.7 Å². The highest BCUT2D eigenvalue weighted by atomic mass is 32.2. The molecule has 0 aliphatic rings. The standard InChI is InChI=1S/C25H26N2O6S/c1-17-5-12-22(31-2)21(15-17)27-34(29,30)20-10-8-19(9-11-20)26-25(28)14-7-18-6-13-23(32-3)24(16-18)33-4/h5-16,27H,1-4H3,(H,26,28)/b14-7+. The number of sulfonamides is 1. The number of nitrogens with one attached hydrogen (secondary N) is 2. The highest BCUT2D eigenvalue weighted by Gasteiger charge is 2.17. The summed E-state index contributed by atoms with van der Waals surface area (Å²) in [6.07, 6.45) is 3.01. The molecule has 0 aliphatic heterocycles. The molecular formula is C25H26N2O6S. The molecule has 1 amide bonds. The third-order valence-electron chi connectivity index (χ3n) is 4.87. The number of amides is 1. The highest BCUT2D eigenvalue weighted by Crippen LogP contribution is 2.29. The summed E-state index contributed by atoms with van der Waals surface area (Å²) < 4.78 is 43.8. The number of rotatable bonds is 9. The fraction of sp³-hybridized carbons (Fsp3) is 0.160. The summed E-state index contributed by atoms with van der Waals surface area (Å²) in [5.41, 5.74) is 2.44. The van der Waals surface area contributed by atoms with Gasteiger partial charge in [0, 0.05) is 11.8 Å². The zero-order valence-corrected chi connectivity index (χ0v) is 20.1. The van der Waals surface area contributed by atoms with Crippen LogP contribution in [-0.2, 0) is 14.8 Å². The molecule has 0 aromatic heterocycles. The average molecular weight is 483 g/mol. The maximum absolute atomic E-state index is 12.8. The van der Waals surface area contributed by atoms with Gasteiger partial charge in [0.15, 0.2) is 11.5 Å². The maximum Gasteiger partial charge on any atom is 0.262 e. The number of anilines is 2. The summed E-state index contributed by atoms with van der Waals surface area (Å²) in [5.74, 6) is 1.19. The number of benzene rings is 3. The fourth-order valence-electron chi connectivity index (χ4n) is 3.14. The molecule has 0 aliphatic carbocycles. The van der Waals surface area contributed by atoms with Gasteiger partial charge in [0.2, 0.25) is 5.91 Å². The van der Waals surface area contributed by atoms with Gasteiger partial charge in [-0.2, -0.15) is 0 Å². The number of carbonyl (C=O) groups excluding carboxylic acids is 1. The summed E-state index contributed by atoms with van der Waals surface area (Å²) in [7, 11) is 0.711. The van der Waals surface area contributed by atoms with Crippen LogP contribution in [0.4, 0.5) is 11.4 Å². The topological polar surface area (TPSA) is 103 Å². The van der Waals surface area contributed by atoms with Crippen molar-refractivity contribution in [3.05, 3.63) is 77.9 Å². The minimum atomic E-state index is -3.85. The smallest absolute Gasteiger partial charge is 0.262 e. The molecule has 0 saturated heterocycles. The van der Waals surface area contributed by atoms with Gasteiger partial charge < -0.3 is 19.5 Å². The van der Waals surface area contributed by atoms with E-state index in [1.165, 1.54) is 44.6 Å². The van der Waals surface area contributed by atoms with Crippen LogP contribution in [0.5, 0.6) is 17.2 Å². The van der Waals surface area contributed by atoms with Gasteiger partial charge in [0.1, 0.15) is 5.75 Å². The van der Waals surface area contributed by atoms with E-state index >= 15 is 0 Å². The fourth-order valence-corrected chi connectivity index (χ4v) is 4.20. The molecule has 9 heteroatoms. The van der Waals surface area contributed by atoms with Gasteiger partial charge in [-0.25, -0.2) is 8.42 Å². The largest absolute Gasteiger partial charge is 0.495 e. The molecule has 8 nitrogen and oxygen atoms in total. The number of methoxy groups -OCH3 is 3. The third kappa shape index (κ3) is 6.08. The van der Waals surface area contributed by atoms with E-state index in [0.717, 1.165) is 11.1 Å². The SMILES string of the molecule is COc1ccc(C)cc1NS(=O)(=O)c1ccc(NC(=O)/C=C/c2ccc(OC)c(OC)c2)cc1. The van der Waals surface area contributed by atoms with E-state index in [1.807, 2.05) is 13.0 Å². The highest BCUT2D eigenvalue weighted by molar-refractivity contribution is 7.92. The van der Waals surface area contributed by atoms with Crippen molar-refractivity contribution in [2.45, 2.75) is 11.8 Å². The number of ether oxygens (including phenoxy) is 3. The van der Waals surface area contributed by atoms with Crippen LogP contribution in [0, 0.1) is 6.92 Å². The summed E-state index contributed by atoms with van der Waals surface area (Å²) >= 11 is 0. The number of carbonyl (C=O) groups is 1. The van der Waals surface area contributed by atoms with Crippen molar-refractivity contribution in [2.75, 3.05) is 31.4 Å². The molecule has 3 aromatic rings. The Morgan fingerprint density at radius 1 is 0.824 bits per heavy atom. The lowest BCUT2D eigenvalue weighted by atomic mass is 10.2. The predicted molar refractivity (Wildman–Crippen MR) is 132 cm³/mol. The summed E-state index contributed by atoms with van der Waals surface area (Å²) in [6.45, 7) is 1.86. The van der Waals surface area contributed by atoms with E-state index in [0.29, 0.717) is 28.6 Å². The first-order valence-electron chi connectivity index (χ1n) is 10.2. The lowest BCUT2D eigenvalue weighted by Crippen LogP contribution is -2.14. The minimum absolute atomic E-state index is 0.0509. The lowest BCUT2D eigenvalue weighted by Gasteiger charge is -2.13. The Morgan fingerprint density at radius 2 is 1.47 bits per heavy atom. The van der Waals surface area contributed by atoms with Crippen LogP contribution in [0.15, 0.2) is 71.6 Å². The first-order chi connectivity index (χ1) is 16.2. The van der Waals surface area contributed by atoms with Gasteiger partial charge in [0.25, 0.3) is 10.0 Å². The zero-order valence-electron chi connectivity index (χ0n) is 19.3. The van der Waals surface area contributed by atoms with Gasteiger partial charge in [-0.3, -0.25) is 9.52 Å². The average Bonchev–Trinajstić information content (AvgIpc) is 2.82. The quantitative estimate of drug-likeness (QED) is 0.436. The second-order valence-electron chi connectivity index (χ2n) is 7.27. The van der Waals surface area contributed by atoms with Crippen molar-refractivity contribution in [2.24, 2.45) is 0 Å². The molecule has 0 bridgehead atoms. The van der Waals surface area contributed by atoms with Crippen molar-refractivity contribution in [3.63, 3.8) is 0 Å². The summed E-state index contributed by atoms with van der Waals surface area (Å²) in [4.78, 5) is 12.3. The van der Waals surface area contributed by atoms with Crippen LogP contribution in [0.3, 0.4) is 0 Å². The number of aryl methyl sites for hydroxylation is 1. The minimum Gasteiger partial charge on any atom is -0.495 e. The molecule has 0 heterocycles. The molecule has 2 N–H and O–H groups in total. The molecule has 3 rings (SSSR count). The number of hydrogen-bond donors (Lipinski definition) is 2. The molecular weight excluding hydrogens is 456 g/mol. The van der Waals surface area contributed by atoms with Crippen molar-refractivity contribution < 1.29 is 27.4 Å². The Balaban J connectivity index is 1.68. The first kappa shape index (κ1) is 24.7. The van der Waals surface area contributed by atoms with E-state index < -0.39 is 10.0 Å². The maximum atomic E-state index is 12.8. The first-order valence-corrected chi connectivity index (χ1v) is 11.7. The van der Waals surface area contributed by atoms with Crippen LogP contribution < -0.4 is 24.2 Å². The molecule has 178 valence electrons. The van der Waals surface area contributed by atoms with Crippen LogP contribution in [0.1, 0.15) is 11.1 Å². The Bertz CT molecular complexity index is 1300. The third-order valence-corrected chi connectivity index (χ3v) is 6.25. The van der Waals surface area contributed by atoms with Gasteiger partial charge in [-0.05, 0) is 72.7 Å². The monoisotopic (exact) mass is 482 g/mol. The lowest BCUT2D eigenvalue weighted by molar-refractivity contribution is -0.111. The Kier molecular flexibility index (Phi) is 7.80. The van der Waals surface area contributed by atoms with Gasteiger partial charge in [0.05, 0.1) is 31.9 Å². The van der Waals surface area contributed by atoms with E-state index in [4.69, 9.17) is 14.2 Å². The molecule has 3 aromatic carbocycles. The molecule has 0 unspecified atom stereocenters. The summed E-state index contributed by atoms with van der Waals surface area (Å²) in [6, 6.07) is 16.4. The molecule has 0 atom stereocenters. The Hall–Kier alpha value is -3.98. The molecule has 34 heavy (non-hydrogen) atoms. The van der Waals surface area contributed by atoms with Gasteiger partial charge in [-0.1, -0.05) is 12.1 Å². The van der Waals surface area contributed by atoms with E-state index in [9.17, 15) is 13.2 Å². The Labute approximate surface area is 199 Å². The van der Waals surface area contributed by atoms with Crippen LogP contribution in [0.2, 0.25) is 0 Å². The second kappa shape index (κ2) is 10.8. The normalized spacial score (nSPS) is 11.2. The molecule has 0 saturated carbocycles. The second-order valence-corrected chi connectivity index (χ2v) is 8.95. The van der Waals surface area contributed by atoms with E-state index in [2.05, 4.69) is 10.0 Å².